The second kappa shape index (κ2) is 6.67. The van der Waals surface area contributed by atoms with E-state index in [0.717, 1.165) is 5.56 Å². The third kappa shape index (κ3) is 3.36. The van der Waals surface area contributed by atoms with Crippen LogP contribution >= 0.6 is 12.2 Å². The van der Waals surface area contributed by atoms with Gasteiger partial charge in [0.15, 0.2) is 5.11 Å². The number of pyridine rings is 1. The Labute approximate surface area is 144 Å². The van der Waals surface area contributed by atoms with E-state index in [1.165, 1.54) is 0 Å². The first kappa shape index (κ1) is 15.9. The number of amides is 1. The van der Waals surface area contributed by atoms with Gasteiger partial charge in [-0.2, -0.15) is 0 Å². The minimum absolute atomic E-state index is 0.128. The second-order valence-corrected chi connectivity index (χ2v) is 5.77. The summed E-state index contributed by atoms with van der Waals surface area (Å²) in [7, 11) is 0. The number of allylic oxidation sites excluding steroid dienone is 1. The highest BCUT2D eigenvalue weighted by Crippen LogP contribution is 2.29. The van der Waals surface area contributed by atoms with Crippen LogP contribution in [0.4, 0.5) is 5.69 Å². The highest BCUT2D eigenvalue weighted by molar-refractivity contribution is 7.80. The number of rotatable bonds is 3. The first-order valence-electron chi connectivity index (χ1n) is 7.33. The number of phenols is 1. The number of hydrogen-bond donors (Lipinski definition) is 4. The lowest BCUT2D eigenvalue weighted by Crippen LogP contribution is -2.45. The summed E-state index contributed by atoms with van der Waals surface area (Å²) >= 11 is 5.20. The average molecular weight is 340 g/mol. The van der Waals surface area contributed by atoms with Gasteiger partial charge in [-0.3, -0.25) is 9.78 Å². The third-order valence-electron chi connectivity index (χ3n) is 3.64. The molecule has 1 aliphatic heterocycles. The Kier molecular flexibility index (Phi) is 4.43. The van der Waals surface area contributed by atoms with Crippen LogP contribution in [0.3, 0.4) is 0 Å². The topological polar surface area (TPSA) is 86.3 Å². The molecule has 6 nitrogen and oxygen atoms in total. The van der Waals surface area contributed by atoms with Crippen molar-refractivity contribution in [2.45, 2.75) is 13.0 Å². The minimum Gasteiger partial charge on any atom is -0.508 e. The summed E-state index contributed by atoms with van der Waals surface area (Å²) in [4.78, 5) is 16.8. The number of thiocarbonyl (C=S) groups is 1. The van der Waals surface area contributed by atoms with Gasteiger partial charge in [-0.15, -0.1) is 0 Å². The zero-order valence-electron chi connectivity index (χ0n) is 12.9. The summed E-state index contributed by atoms with van der Waals surface area (Å²) in [6.07, 6.45) is 3.21. The molecule has 0 saturated carbocycles. The number of carbonyl (C=O) groups excluding carboxylic acids is 1. The van der Waals surface area contributed by atoms with Gasteiger partial charge in [-0.05, 0) is 49.0 Å². The number of hydrogen-bond acceptors (Lipinski definition) is 4. The van der Waals surface area contributed by atoms with Gasteiger partial charge in [0, 0.05) is 11.9 Å². The van der Waals surface area contributed by atoms with Gasteiger partial charge in [-0.1, -0.05) is 12.1 Å². The van der Waals surface area contributed by atoms with Gasteiger partial charge in [0.1, 0.15) is 5.75 Å². The number of anilines is 1. The zero-order valence-corrected chi connectivity index (χ0v) is 13.7. The second-order valence-electron chi connectivity index (χ2n) is 5.36. The predicted octanol–water partition coefficient (Wildman–Crippen LogP) is 2.22. The molecule has 1 unspecified atom stereocenters. The first-order valence-corrected chi connectivity index (χ1v) is 7.74. The van der Waals surface area contributed by atoms with Gasteiger partial charge in [0.05, 0.1) is 23.5 Å². The molecular formula is C17H16N4O2S. The van der Waals surface area contributed by atoms with E-state index >= 15 is 0 Å². The molecule has 24 heavy (non-hydrogen) atoms. The fourth-order valence-corrected chi connectivity index (χ4v) is 2.86. The van der Waals surface area contributed by atoms with Crippen LogP contribution in [0.15, 0.2) is 60.1 Å². The number of nitrogens with one attached hydrogen (secondary N) is 3. The third-order valence-corrected chi connectivity index (χ3v) is 3.86. The summed E-state index contributed by atoms with van der Waals surface area (Å²) < 4.78 is 0. The average Bonchev–Trinajstić information content (AvgIpc) is 2.55. The quantitative estimate of drug-likeness (QED) is 0.641. The Morgan fingerprint density at radius 1 is 1.33 bits per heavy atom. The lowest BCUT2D eigenvalue weighted by Gasteiger charge is -2.30. The van der Waals surface area contributed by atoms with Gasteiger partial charge in [0.2, 0.25) is 0 Å². The van der Waals surface area contributed by atoms with Crippen molar-refractivity contribution in [2.24, 2.45) is 0 Å². The minimum atomic E-state index is -0.456. The van der Waals surface area contributed by atoms with Crippen molar-refractivity contribution in [3.8, 4) is 5.75 Å². The molecule has 0 radical (unpaired) electrons. The molecule has 0 bridgehead atoms. The van der Waals surface area contributed by atoms with Gasteiger partial charge < -0.3 is 21.1 Å². The molecule has 0 saturated heterocycles. The summed E-state index contributed by atoms with van der Waals surface area (Å²) in [6.45, 7) is 1.79. The SMILES string of the molecule is CC1=C(C(=O)Nc2cccnc2)C(c2cccc(O)c2)NC(=S)N1. The van der Waals surface area contributed by atoms with Crippen molar-refractivity contribution in [3.05, 3.63) is 65.6 Å². The predicted molar refractivity (Wildman–Crippen MR) is 95.3 cm³/mol. The van der Waals surface area contributed by atoms with E-state index in [4.69, 9.17) is 12.2 Å². The van der Waals surface area contributed by atoms with Crippen molar-refractivity contribution in [2.75, 3.05) is 5.32 Å². The van der Waals surface area contributed by atoms with Gasteiger partial charge in [-0.25, -0.2) is 0 Å². The molecule has 2 heterocycles. The van der Waals surface area contributed by atoms with Crippen molar-refractivity contribution in [1.29, 1.82) is 0 Å². The molecule has 4 N–H and O–H groups in total. The van der Waals surface area contributed by atoms with E-state index in [2.05, 4.69) is 20.9 Å². The summed E-state index contributed by atoms with van der Waals surface area (Å²) in [5.74, 6) is -0.139. The van der Waals surface area contributed by atoms with Crippen LogP contribution in [0.1, 0.15) is 18.5 Å². The summed E-state index contributed by atoms with van der Waals surface area (Å²) in [5.41, 5.74) is 2.51. The van der Waals surface area contributed by atoms with Crippen LogP contribution in [-0.4, -0.2) is 21.1 Å². The van der Waals surface area contributed by atoms with Crippen LogP contribution in [0.2, 0.25) is 0 Å². The molecule has 3 rings (SSSR count). The Morgan fingerprint density at radius 3 is 2.88 bits per heavy atom. The molecule has 0 spiro atoms. The molecule has 1 amide bonds. The van der Waals surface area contributed by atoms with E-state index in [1.54, 1.807) is 49.6 Å². The lowest BCUT2D eigenvalue weighted by molar-refractivity contribution is -0.113. The Morgan fingerprint density at radius 2 is 2.17 bits per heavy atom. The molecule has 1 aromatic carbocycles. The van der Waals surface area contributed by atoms with Crippen LogP contribution in [-0.2, 0) is 4.79 Å². The lowest BCUT2D eigenvalue weighted by atomic mass is 9.95. The fourth-order valence-electron chi connectivity index (χ4n) is 2.58. The number of nitrogens with zero attached hydrogens (tertiary/aromatic N) is 1. The maximum atomic E-state index is 12.8. The van der Waals surface area contributed by atoms with E-state index in [-0.39, 0.29) is 11.7 Å². The summed E-state index contributed by atoms with van der Waals surface area (Å²) in [5, 5.41) is 19.0. The fraction of sp³-hybridized carbons (Fsp3) is 0.118. The maximum Gasteiger partial charge on any atom is 0.255 e. The molecule has 1 atom stereocenters. The Hall–Kier alpha value is -2.93. The van der Waals surface area contributed by atoms with E-state index in [0.29, 0.717) is 22.1 Å². The number of aromatic nitrogens is 1. The van der Waals surface area contributed by atoms with Crippen LogP contribution in [0.25, 0.3) is 0 Å². The van der Waals surface area contributed by atoms with Crippen molar-refractivity contribution in [3.63, 3.8) is 0 Å². The molecule has 0 fully saturated rings. The number of aromatic hydroxyl groups is 1. The molecule has 0 aliphatic carbocycles. The van der Waals surface area contributed by atoms with Crippen LogP contribution in [0, 0.1) is 0 Å². The Balaban J connectivity index is 1.96. The van der Waals surface area contributed by atoms with Crippen molar-refractivity contribution < 1.29 is 9.90 Å². The molecule has 1 aromatic heterocycles. The zero-order chi connectivity index (χ0) is 17.1. The van der Waals surface area contributed by atoms with Crippen molar-refractivity contribution in [1.82, 2.24) is 15.6 Å². The first-order chi connectivity index (χ1) is 11.5. The van der Waals surface area contributed by atoms with E-state index in [1.807, 2.05) is 6.07 Å². The van der Waals surface area contributed by atoms with Crippen molar-refractivity contribution >= 4 is 28.9 Å². The normalized spacial score (nSPS) is 17.0. The molecule has 2 aromatic rings. The molecule has 122 valence electrons. The standard InChI is InChI=1S/C17H16N4O2S/c1-10-14(16(23)20-12-5-3-7-18-9-12)15(21-17(24)19-10)11-4-2-6-13(22)8-11/h2-9,15,22H,1H3,(H,20,23)(H2,19,21,24). The largest absolute Gasteiger partial charge is 0.508 e. The van der Waals surface area contributed by atoms with Crippen LogP contribution < -0.4 is 16.0 Å². The number of phenolic OH excluding ortho intramolecular Hbond substituents is 1. The highest BCUT2D eigenvalue weighted by Gasteiger charge is 2.30. The number of benzene rings is 1. The molecule has 7 heteroatoms. The molecular weight excluding hydrogens is 324 g/mol. The monoisotopic (exact) mass is 340 g/mol. The maximum absolute atomic E-state index is 12.8. The highest BCUT2D eigenvalue weighted by atomic mass is 32.1. The van der Waals surface area contributed by atoms with E-state index < -0.39 is 6.04 Å². The van der Waals surface area contributed by atoms with Gasteiger partial charge >= 0.3 is 0 Å². The van der Waals surface area contributed by atoms with E-state index in [9.17, 15) is 9.90 Å². The summed E-state index contributed by atoms with van der Waals surface area (Å²) in [6, 6.07) is 9.79. The number of carbonyl (C=O) groups is 1. The smallest absolute Gasteiger partial charge is 0.255 e. The molecule has 1 aliphatic rings. The van der Waals surface area contributed by atoms with Crippen LogP contribution in [0.5, 0.6) is 5.75 Å². The van der Waals surface area contributed by atoms with Gasteiger partial charge in [0.25, 0.3) is 5.91 Å². The Bertz CT molecular complexity index is 820.